The molecule has 4 heteroatoms. The molecule has 3 rings (SSSR count). The van der Waals surface area contributed by atoms with Gasteiger partial charge in [0.15, 0.2) is 17.6 Å². The monoisotopic (exact) mass is 237 g/mol. The normalized spacial score (nSPS) is 10.5. The average Bonchev–Trinajstić information content (AvgIpc) is 2.83. The molecule has 0 spiro atoms. The molecule has 0 bridgehead atoms. The van der Waals surface area contributed by atoms with Crippen LogP contribution in [0.1, 0.15) is 0 Å². The third-order valence-corrected chi connectivity index (χ3v) is 2.82. The van der Waals surface area contributed by atoms with Crippen LogP contribution in [0.3, 0.4) is 0 Å². The van der Waals surface area contributed by atoms with Crippen LogP contribution in [0.15, 0.2) is 61.1 Å². The minimum absolute atomic E-state index is 1.00. The van der Waals surface area contributed by atoms with Gasteiger partial charge in [0.25, 0.3) is 0 Å². The molecule has 0 aliphatic heterocycles. The Morgan fingerprint density at radius 1 is 1.00 bits per heavy atom. The van der Waals surface area contributed by atoms with Gasteiger partial charge in [-0.25, -0.2) is 0 Å². The van der Waals surface area contributed by atoms with Crippen molar-refractivity contribution < 1.29 is 4.68 Å². The Labute approximate surface area is 105 Å². The number of pyridine rings is 1. The lowest BCUT2D eigenvalue weighted by atomic mass is 10.2. The highest BCUT2D eigenvalue weighted by molar-refractivity contribution is 5.55. The largest absolute Gasteiger partial charge is 0.264 e. The molecule has 0 saturated heterocycles. The smallest absolute Gasteiger partial charge is 0.197 e. The second-order valence-corrected chi connectivity index (χ2v) is 4.04. The van der Waals surface area contributed by atoms with Crippen molar-refractivity contribution in [1.29, 1.82) is 0 Å². The zero-order valence-corrected chi connectivity index (χ0v) is 10.1. The fraction of sp³-hybridized carbons (Fsp3) is 0.0714. The molecule has 1 aromatic carbocycles. The van der Waals surface area contributed by atoms with Crippen LogP contribution < -0.4 is 4.68 Å². The molecular weight excluding hydrogens is 224 g/mol. The second kappa shape index (κ2) is 4.41. The first-order chi connectivity index (χ1) is 8.84. The molecule has 0 amide bonds. The summed E-state index contributed by atoms with van der Waals surface area (Å²) in [5, 5.41) is 4.46. The van der Waals surface area contributed by atoms with E-state index in [1.807, 2.05) is 52.9 Å². The Balaban J connectivity index is 2.07. The maximum absolute atomic E-state index is 4.46. The molecule has 0 saturated carbocycles. The number of aryl methyl sites for hydroxylation is 1. The number of nitrogens with zero attached hydrogens (tertiary/aromatic N) is 4. The summed E-state index contributed by atoms with van der Waals surface area (Å²) in [6, 6.07) is 14.1. The molecule has 2 aromatic heterocycles. The predicted molar refractivity (Wildman–Crippen MR) is 68.0 cm³/mol. The standard InChI is InChI=1S/C14H13N4/c1-17-14(12-5-3-2-4-6-12)11-18(16-17)13-7-9-15-10-8-13/h2-11H,1H3/q+1. The SMILES string of the molecule is C[n+]1nn(-c2ccncc2)cc1-c1ccccc1. The number of benzene rings is 1. The molecular formula is C14H13N4+. The van der Waals surface area contributed by atoms with E-state index < -0.39 is 0 Å². The summed E-state index contributed by atoms with van der Waals surface area (Å²) in [4.78, 5) is 4.01. The van der Waals surface area contributed by atoms with Crippen molar-refractivity contribution in [2.75, 3.05) is 0 Å². The molecule has 2 heterocycles. The van der Waals surface area contributed by atoms with Crippen LogP contribution in [0.2, 0.25) is 0 Å². The minimum atomic E-state index is 1.00. The predicted octanol–water partition coefficient (Wildman–Crippen LogP) is 1.76. The third-order valence-electron chi connectivity index (χ3n) is 2.82. The number of hydrogen-bond donors (Lipinski definition) is 0. The van der Waals surface area contributed by atoms with Crippen molar-refractivity contribution in [2.45, 2.75) is 0 Å². The lowest BCUT2D eigenvalue weighted by Gasteiger charge is -1.92. The minimum Gasteiger partial charge on any atom is -0.264 e. The Hall–Kier alpha value is -2.49. The van der Waals surface area contributed by atoms with Crippen LogP contribution in [0.4, 0.5) is 0 Å². The van der Waals surface area contributed by atoms with Crippen molar-refractivity contribution >= 4 is 0 Å². The molecule has 0 N–H and O–H groups in total. The van der Waals surface area contributed by atoms with Crippen molar-refractivity contribution in [3.8, 4) is 16.9 Å². The van der Waals surface area contributed by atoms with E-state index in [9.17, 15) is 0 Å². The number of hydrogen-bond acceptors (Lipinski definition) is 2. The molecule has 88 valence electrons. The average molecular weight is 237 g/mol. The van der Waals surface area contributed by atoms with Gasteiger partial charge in [-0.3, -0.25) is 4.98 Å². The van der Waals surface area contributed by atoms with Gasteiger partial charge in [-0.2, -0.15) is 0 Å². The first-order valence-electron chi connectivity index (χ1n) is 5.76. The van der Waals surface area contributed by atoms with Crippen LogP contribution in [0, 0.1) is 0 Å². The summed E-state index contributed by atoms with van der Waals surface area (Å²) in [5.41, 5.74) is 3.23. The summed E-state index contributed by atoms with van der Waals surface area (Å²) in [7, 11) is 1.94. The van der Waals surface area contributed by atoms with Crippen molar-refractivity contribution in [3.63, 3.8) is 0 Å². The lowest BCUT2D eigenvalue weighted by molar-refractivity contribution is -0.721. The molecule has 4 nitrogen and oxygen atoms in total. The van der Waals surface area contributed by atoms with Crippen LogP contribution in [0.25, 0.3) is 16.9 Å². The van der Waals surface area contributed by atoms with E-state index in [2.05, 4.69) is 22.3 Å². The van der Waals surface area contributed by atoms with E-state index in [1.165, 1.54) is 0 Å². The Morgan fingerprint density at radius 2 is 1.72 bits per heavy atom. The fourth-order valence-electron chi connectivity index (χ4n) is 1.91. The van der Waals surface area contributed by atoms with Crippen molar-refractivity contribution in [2.24, 2.45) is 7.05 Å². The van der Waals surface area contributed by atoms with E-state index in [-0.39, 0.29) is 0 Å². The highest BCUT2D eigenvalue weighted by Crippen LogP contribution is 2.15. The molecule has 0 unspecified atom stereocenters. The van der Waals surface area contributed by atoms with Gasteiger partial charge in [0.2, 0.25) is 0 Å². The van der Waals surface area contributed by atoms with Crippen LogP contribution in [-0.2, 0) is 7.05 Å². The van der Waals surface area contributed by atoms with Crippen molar-refractivity contribution in [1.82, 2.24) is 14.9 Å². The summed E-state index contributed by atoms with van der Waals surface area (Å²) >= 11 is 0. The highest BCUT2D eigenvalue weighted by atomic mass is 15.5. The second-order valence-electron chi connectivity index (χ2n) is 4.04. The zero-order valence-electron chi connectivity index (χ0n) is 10.1. The summed E-state index contributed by atoms with van der Waals surface area (Å²) < 4.78 is 3.72. The molecule has 0 aliphatic carbocycles. The molecule has 18 heavy (non-hydrogen) atoms. The Bertz CT molecular complexity index is 644. The van der Waals surface area contributed by atoms with Crippen LogP contribution >= 0.6 is 0 Å². The summed E-state index contributed by atoms with van der Waals surface area (Å²) in [5.74, 6) is 0. The van der Waals surface area contributed by atoms with Gasteiger partial charge in [0.05, 0.1) is 5.21 Å². The molecule has 3 aromatic rings. The maximum Gasteiger partial charge on any atom is 0.197 e. The molecule has 0 atom stereocenters. The highest BCUT2D eigenvalue weighted by Gasteiger charge is 2.15. The summed E-state index contributed by atoms with van der Waals surface area (Å²) in [6.07, 6.45) is 5.54. The first kappa shape index (κ1) is 10.7. The van der Waals surface area contributed by atoms with E-state index >= 15 is 0 Å². The number of rotatable bonds is 2. The van der Waals surface area contributed by atoms with E-state index in [1.54, 1.807) is 12.4 Å². The molecule has 0 fully saturated rings. The number of aromatic nitrogens is 4. The van der Waals surface area contributed by atoms with Gasteiger partial charge in [0, 0.05) is 30.1 Å². The topological polar surface area (TPSA) is 34.6 Å². The Morgan fingerprint density at radius 3 is 2.44 bits per heavy atom. The Kier molecular flexibility index (Phi) is 2.61. The zero-order chi connectivity index (χ0) is 12.4. The van der Waals surface area contributed by atoms with E-state index in [0.29, 0.717) is 0 Å². The lowest BCUT2D eigenvalue weighted by Crippen LogP contribution is -2.33. The third kappa shape index (κ3) is 1.88. The first-order valence-corrected chi connectivity index (χ1v) is 5.76. The molecule has 0 aliphatic rings. The molecule has 0 radical (unpaired) electrons. The van der Waals surface area contributed by atoms with Crippen molar-refractivity contribution in [3.05, 3.63) is 61.1 Å². The van der Waals surface area contributed by atoms with Crippen LogP contribution in [-0.4, -0.2) is 14.9 Å². The quantitative estimate of drug-likeness (QED) is 0.636. The fourth-order valence-corrected chi connectivity index (χ4v) is 1.91. The van der Waals surface area contributed by atoms with Gasteiger partial charge >= 0.3 is 0 Å². The van der Waals surface area contributed by atoms with Gasteiger partial charge in [-0.1, -0.05) is 30.3 Å². The summed E-state index contributed by atoms with van der Waals surface area (Å²) in [6.45, 7) is 0. The van der Waals surface area contributed by atoms with E-state index in [4.69, 9.17) is 0 Å². The van der Waals surface area contributed by atoms with Gasteiger partial charge < -0.3 is 0 Å². The maximum atomic E-state index is 4.46. The van der Waals surface area contributed by atoms with Gasteiger partial charge in [0.1, 0.15) is 7.05 Å². The van der Waals surface area contributed by atoms with Crippen LogP contribution in [0.5, 0.6) is 0 Å². The van der Waals surface area contributed by atoms with E-state index in [0.717, 1.165) is 16.9 Å². The van der Waals surface area contributed by atoms with Gasteiger partial charge in [-0.05, 0) is 0 Å². The van der Waals surface area contributed by atoms with Gasteiger partial charge in [-0.15, -0.1) is 9.36 Å².